The summed E-state index contributed by atoms with van der Waals surface area (Å²) in [5.74, 6) is 0.805. The van der Waals surface area contributed by atoms with Gasteiger partial charge in [-0.3, -0.25) is 0 Å². The number of aryl methyl sites for hydroxylation is 2. The molecule has 0 amide bonds. The Balaban J connectivity index is 2.22. The van der Waals surface area contributed by atoms with E-state index in [-0.39, 0.29) is 0 Å². The van der Waals surface area contributed by atoms with Gasteiger partial charge in [-0.15, -0.1) is 0 Å². The van der Waals surface area contributed by atoms with Crippen LogP contribution in [0.3, 0.4) is 0 Å². The molecule has 1 saturated carbocycles. The van der Waals surface area contributed by atoms with Crippen LogP contribution in [-0.4, -0.2) is 11.1 Å². The Kier molecular flexibility index (Phi) is 3.15. The molecule has 2 nitrogen and oxygen atoms in total. The van der Waals surface area contributed by atoms with E-state index in [0.717, 1.165) is 12.5 Å². The second-order valence-electron chi connectivity index (χ2n) is 4.82. The predicted molar refractivity (Wildman–Crippen MR) is 64.0 cm³/mol. The van der Waals surface area contributed by atoms with Crippen LogP contribution in [0.15, 0.2) is 12.1 Å². The summed E-state index contributed by atoms with van der Waals surface area (Å²) >= 11 is 0. The summed E-state index contributed by atoms with van der Waals surface area (Å²) in [5, 5.41) is 0. The fraction of sp³-hybridized carbons (Fsp3) is 0.692. The minimum absolute atomic E-state index is 0.712. The topological polar surface area (TPSA) is 30.9 Å². The first-order valence-corrected chi connectivity index (χ1v) is 6.08. The van der Waals surface area contributed by atoms with Crippen LogP contribution in [0, 0.1) is 19.8 Å². The Morgan fingerprint density at radius 2 is 1.93 bits per heavy atom. The third-order valence-electron chi connectivity index (χ3n) is 3.81. The van der Waals surface area contributed by atoms with E-state index in [1.807, 2.05) is 0 Å². The number of hydrogen-bond donors (Lipinski definition) is 1. The lowest BCUT2D eigenvalue weighted by molar-refractivity contribution is 0.355. The average Bonchev–Trinajstić information content (AvgIpc) is 2.75. The molecule has 0 radical (unpaired) electrons. The van der Waals surface area contributed by atoms with Crippen molar-refractivity contribution >= 4 is 0 Å². The summed E-state index contributed by atoms with van der Waals surface area (Å²) in [6.07, 6.45) is 5.24. The highest BCUT2D eigenvalue weighted by molar-refractivity contribution is 5.16. The highest BCUT2D eigenvalue weighted by Crippen LogP contribution is 2.39. The van der Waals surface area contributed by atoms with Gasteiger partial charge in [-0.05, 0) is 57.7 Å². The fourth-order valence-electron chi connectivity index (χ4n) is 3.11. The smallest absolute Gasteiger partial charge is 0.0364 e. The highest BCUT2D eigenvalue weighted by Gasteiger charge is 2.28. The second-order valence-corrected chi connectivity index (χ2v) is 4.82. The van der Waals surface area contributed by atoms with Crippen LogP contribution in [0.1, 0.15) is 43.1 Å². The van der Waals surface area contributed by atoms with Crippen LogP contribution >= 0.6 is 0 Å². The molecule has 2 rings (SSSR count). The molecule has 1 fully saturated rings. The molecule has 0 saturated heterocycles. The molecule has 0 spiro atoms. The molecule has 1 aromatic heterocycles. The van der Waals surface area contributed by atoms with Crippen molar-refractivity contribution in [1.82, 2.24) is 4.57 Å². The Morgan fingerprint density at radius 3 is 2.53 bits per heavy atom. The maximum Gasteiger partial charge on any atom is 0.0364 e. The van der Waals surface area contributed by atoms with E-state index in [9.17, 15) is 0 Å². The summed E-state index contributed by atoms with van der Waals surface area (Å²) in [4.78, 5) is 0. The standard InChI is InChI=1S/C13H22N2/c1-10-6-7-11(2)15(10)13-5-3-4-12(13)8-9-14/h6-7,12-13H,3-5,8-9,14H2,1-2H3. The fourth-order valence-corrected chi connectivity index (χ4v) is 3.11. The molecule has 2 N–H and O–H groups in total. The van der Waals surface area contributed by atoms with Crippen molar-refractivity contribution in [3.05, 3.63) is 23.5 Å². The van der Waals surface area contributed by atoms with E-state index in [1.54, 1.807) is 0 Å². The summed E-state index contributed by atoms with van der Waals surface area (Å²) in [6, 6.07) is 5.17. The summed E-state index contributed by atoms with van der Waals surface area (Å²) in [6.45, 7) is 5.26. The first-order valence-electron chi connectivity index (χ1n) is 6.08. The molecule has 0 bridgehead atoms. The minimum Gasteiger partial charge on any atom is -0.346 e. The predicted octanol–water partition coefficient (Wildman–Crippen LogP) is 2.79. The van der Waals surface area contributed by atoms with Crippen molar-refractivity contribution in [3.63, 3.8) is 0 Å². The van der Waals surface area contributed by atoms with Gasteiger partial charge in [0.05, 0.1) is 0 Å². The SMILES string of the molecule is Cc1ccc(C)n1C1CCCC1CCN. The maximum absolute atomic E-state index is 5.69. The summed E-state index contributed by atoms with van der Waals surface area (Å²) in [7, 11) is 0. The number of aromatic nitrogens is 1. The molecule has 0 aromatic carbocycles. The van der Waals surface area contributed by atoms with E-state index < -0.39 is 0 Å². The van der Waals surface area contributed by atoms with Gasteiger partial charge in [0, 0.05) is 17.4 Å². The lowest BCUT2D eigenvalue weighted by Gasteiger charge is -2.24. The van der Waals surface area contributed by atoms with Crippen LogP contribution in [0.4, 0.5) is 0 Å². The zero-order valence-electron chi connectivity index (χ0n) is 9.87. The number of hydrogen-bond acceptors (Lipinski definition) is 1. The van der Waals surface area contributed by atoms with Crippen molar-refractivity contribution in [2.45, 2.75) is 45.6 Å². The maximum atomic E-state index is 5.69. The zero-order chi connectivity index (χ0) is 10.8. The van der Waals surface area contributed by atoms with Crippen LogP contribution in [0.25, 0.3) is 0 Å². The van der Waals surface area contributed by atoms with Crippen LogP contribution in [-0.2, 0) is 0 Å². The Hall–Kier alpha value is -0.760. The van der Waals surface area contributed by atoms with Gasteiger partial charge in [-0.2, -0.15) is 0 Å². The van der Waals surface area contributed by atoms with E-state index in [4.69, 9.17) is 5.73 Å². The number of nitrogens with two attached hydrogens (primary N) is 1. The largest absolute Gasteiger partial charge is 0.346 e. The monoisotopic (exact) mass is 206 g/mol. The Bertz CT molecular complexity index is 308. The van der Waals surface area contributed by atoms with E-state index in [1.165, 1.54) is 37.1 Å². The normalized spacial score (nSPS) is 26.1. The van der Waals surface area contributed by atoms with E-state index >= 15 is 0 Å². The first kappa shape index (κ1) is 10.7. The third kappa shape index (κ3) is 1.96. The molecular formula is C13H22N2. The lowest BCUT2D eigenvalue weighted by atomic mass is 9.99. The molecule has 1 heterocycles. The first-order chi connectivity index (χ1) is 7.24. The zero-order valence-corrected chi connectivity index (χ0v) is 9.87. The van der Waals surface area contributed by atoms with Crippen LogP contribution in [0.2, 0.25) is 0 Å². The second kappa shape index (κ2) is 4.40. The Labute approximate surface area is 92.5 Å². The summed E-state index contributed by atoms with van der Waals surface area (Å²) in [5.41, 5.74) is 8.50. The lowest BCUT2D eigenvalue weighted by Crippen LogP contribution is -2.19. The van der Waals surface area contributed by atoms with Crippen molar-refractivity contribution in [3.8, 4) is 0 Å². The van der Waals surface area contributed by atoms with E-state index in [0.29, 0.717) is 6.04 Å². The molecule has 0 aliphatic heterocycles. The van der Waals surface area contributed by atoms with Crippen molar-refractivity contribution in [2.75, 3.05) is 6.54 Å². The van der Waals surface area contributed by atoms with Gasteiger partial charge in [0.2, 0.25) is 0 Å². The van der Waals surface area contributed by atoms with Crippen molar-refractivity contribution in [2.24, 2.45) is 11.7 Å². The van der Waals surface area contributed by atoms with Crippen LogP contribution < -0.4 is 5.73 Å². The molecule has 2 atom stereocenters. The third-order valence-corrected chi connectivity index (χ3v) is 3.81. The van der Waals surface area contributed by atoms with Gasteiger partial charge in [-0.1, -0.05) is 6.42 Å². The molecule has 84 valence electrons. The Morgan fingerprint density at radius 1 is 1.27 bits per heavy atom. The van der Waals surface area contributed by atoms with Gasteiger partial charge < -0.3 is 10.3 Å². The van der Waals surface area contributed by atoms with Gasteiger partial charge in [0.1, 0.15) is 0 Å². The molecule has 2 heteroatoms. The number of rotatable bonds is 3. The molecule has 1 aliphatic rings. The van der Waals surface area contributed by atoms with E-state index in [2.05, 4.69) is 30.5 Å². The average molecular weight is 206 g/mol. The molecule has 2 unspecified atom stereocenters. The van der Waals surface area contributed by atoms with Crippen molar-refractivity contribution in [1.29, 1.82) is 0 Å². The highest BCUT2D eigenvalue weighted by atomic mass is 15.0. The van der Waals surface area contributed by atoms with Gasteiger partial charge in [0.25, 0.3) is 0 Å². The molecule has 1 aromatic rings. The van der Waals surface area contributed by atoms with Gasteiger partial charge in [0.15, 0.2) is 0 Å². The van der Waals surface area contributed by atoms with Crippen LogP contribution in [0.5, 0.6) is 0 Å². The minimum atomic E-state index is 0.712. The number of nitrogens with zero attached hydrogens (tertiary/aromatic N) is 1. The van der Waals surface area contributed by atoms with Gasteiger partial charge in [-0.25, -0.2) is 0 Å². The quantitative estimate of drug-likeness (QED) is 0.810. The van der Waals surface area contributed by atoms with Crippen molar-refractivity contribution < 1.29 is 0 Å². The molecule has 1 aliphatic carbocycles. The molecule has 15 heavy (non-hydrogen) atoms. The van der Waals surface area contributed by atoms with Gasteiger partial charge >= 0.3 is 0 Å². The molecular weight excluding hydrogens is 184 g/mol. The summed E-state index contributed by atoms with van der Waals surface area (Å²) < 4.78 is 2.52.